The topological polar surface area (TPSA) is 79.9 Å². The van der Waals surface area contributed by atoms with E-state index in [0.29, 0.717) is 5.84 Å². The van der Waals surface area contributed by atoms with E-state index in [2.05, 4.69) is 10.5 Å². The summed E-state index contributed by atoms with van der Waals surface area (Å²) in [6.45, 7) is 8.01. The molecule has 4 N–H and O–H groups in total. The number of amidine groups is 1. The Bertz CT molecular complexity index is 274. The van der Waals surface area contributed by atoms with Gasteiger partial charge in [0.25, 0.3) is 0 Å². The molecule has 1 rings (SSSR count). The third-order valence-electron chi connectivity index (χ3n) is 3.98. The quantitative estimate of drug-likeness (QED) is 0.207. The van der Waals surface area contributed by atoms with Gasteiger partial charge in [0, 0.05) is 18.6 Å². The number of unbranched alkanes of at least 4 members (excludes halogenated alkanes) is 1. The van der Waals surface area contributed by atoms with Crippen LogP contribution >= 0.6 is 0 Å². The van der Waals surface area contributed by atoms with Gasteiger partial charge in [0.1, 0.15) is 5.84 Å². The minimum Gasteiger partial charge on any atom is -0.409 e. The van der Waals surface area contributed by atoms with Crippen LogP contribution < -0.4 is 11.1 Å². The Morgan fingerprint density at radius 2 is 2.05 bits per heavy atom. The van der Waals surface area contributed by atoms with Crippen LogP contribution in [0.5, 0.6) is 0 Å². The van der Waals surface area contributed by atoms with Crippen molar-refractivity contribution in [1.82, 2.24) is 5.32 Å². The van der Waals surface area contributed by atoms with E-state index in [9.17, 15) is 0 Å². The first-order valence-corrected chi connectivity index (χ1v) is 7.33. The molecule has 0 aromatic carbocycles. The van der Waals surface area contributed by atoms with E-state index in [-0.39, 0.29) is 5.41 Å². The molecule has 1 saturated heterocycles. The molecule has 0 atom stereocenters. The molecule has 1 fully saturated rings. The average Bonchev–Trinajstić information content (AvgIpc) is 2.42. The zero-order valence-corrected chi connectivity index (χ0v) is 12.3. The highest BCUT2D eigenvalue weighted by Crippen LogP contribution is 2.23. The fourth-order valence-electron chi connectivity index (χ4n) is 2.34. The molecular weight excluding hydrogens is 242 g/mol. The van der Waals surface area contributed by atoms with Crippen LogP contribution in [0.4, 0.5) is 0 Å². The van der Waals surface area contributed by atoms with Crippen LogP contribution in [0.2, 0.25) is 0 Å². The normalized spacial score (nSPS) is 18.7. The van der Waals surface area contributed by atoms with Crippen LogP contribution in [0, 0.1) is 11.3 Å². The lowest BCUT2D eigenvalue weighted by Gasteiger charge is -2.23. The van der Waals surface area contributed by atoms with E-state index in [1.807, 2.05) is 13.8 Å². The summed E-state index contributed by atoms with van der Waals surface area (Å²) < 4.78 is 5.34. The molecule has 1 aliphatic heterocycles. The maximum Gasteiger partial charge on any atom is 0.144 e. The number of ether oxygens (including phenoxy) is 1. The van der Waals surface area contributed by atoms with Gasteiger partial charge in [0.2, 0.25) is 0 Å². The summed E-state index contributed by atoms with van der Waals surface area (Å²) in [6, 6.07) is 0. The minimum absolute atomic E-state index is 0.213. The first kappa shape index (κ1) is 16.2. The predicted octanol–water partition coefficient (Wildman–Crippen LogP) is 1.95. The summed E-state index contributed by atoms with van der Waals surface area (Å²) in [7, 11) is 0. The Balaban J connectivity index is 2.01. The summed E-state index contributed by atoms with van der Waals surface area (Å²) >= 11 is 0. The highest BCUT2D eigenvalue weighted by atomic mass is 16.5. The molecule has 5 heteroatoms. The van der Waals surface area contributed by atoms with Crippen LogP contribution in [-0.4, -0.2) is 37.3 Å². The Kier molecular flexibility index (Phi) is 7.16. The minimum atomic E-state index is -0.213. The summed E-state index contributed by atoms with van der Waals surface area (Å²) in [5, 5.41) is 15.3. The van der Waals surface area contributed by atoms with Crippen molar-refractivity contribution in [3.8, 4) is 0 Å². The van der Waals surface area contributed by atoms with Crippen LogP contribution in [0.25, 0.3) is 0 Å². The summed E-state index contributed by atoms with van der Waals surface area (Å²) in [5.41, 5.74) is 5.45. The van der Waals surface area contributed by atoms with Crippen LogP contribution in [0.3, 0.4) is 0 Å². The molecule has 5 nitrogen and oxygen atoms in total. The van der Waals surface area contributed by atoms with Crippen LogP contribution in [-0.2, 0) is 4.74 Å². The maximum absolute atomic E-state index is 8.70. The number of rotatable bonds is 8. The van der Waals surface area contributed by atoms with E-state index < -0.39 is 0 Å². The second-order valence-electron chi connectivity index (χ2n) is 6.09. The van der Waals surface area contributed by atoms with Gasteiger partial charge >= 0.3 is 0 Å². The Morgan fingerprint density at radius 3 is 2.68 bits per heavy atom. The SMILES string of the molecule is CC(C)(CCCCNCC1CCOCC1)C(N)=NO. The van der Waals surface area contributed by atoms with E-state index in [4.69, 9.17) is 15.7 Å². The van der Waals surface area contributed by atoms with Crippen molar-refractivity contribution < 1.29 is 9.94 Å². The van der Waals surface area contributed by atoms with Gasteiger partial charge in [-0.1, -0.05) is 25.4 Å². The number of nitrogens with two attached hydrogens (primary N) is 1. The van der Waals surface area contributed by atoms with Crippen molar-refractivity contribution in [3.63, 3.8) is 0 Å². The Labute approximate surface area is 116 Å². The lowest BCUT2D eigenvalue weighted by atomic mass is 9.86. The molecule has 19 heavy (non-hydrogen) atoms. The number of nitrogens with zero attached hydrogens (tertiary/aromatic N) is 1. The molecule has 0 aliphatic carbocycles. The number of hydrogen-bond acceptors (Lipinski definition) is 4. The lowest BCUT2D eigenvalue weighted by Crippen LogP contribution is -2.32. The van der Waals surface area contributed by atoms with Gasteiger partial charge in [-0.2, -0.15) is 0 Å². The van der Waals surface area contributed by atoms with Gasteiger partial charge in [-0.3, -0.25) is 0 Å². The molecular formula is C14H29N3O2. The average molecular weight is 271 g/mol. The summed E-state index contributed by atoms with van der Waals surface area (Å²) in [4.78, 5) is 0. The van der Waals surface area contributed by atoms with Gasteiger partial charge < -0.3 is 21.0 Å². The molecule has 0 spiro atoms. The smallest absolute Gasteiger partial charge is 0.144 e. The lowest BCUT2D eigenvalue weighted by molar-refractivity contribution is 0.0663. The Morgan fingerprint density at radius 1 is 1.37 bits per heavy atom. The second-order valence-corrected chi connectivity index (χ2v) is 6.09. The number of oxime groups is 1. The molecule has 0 saturated carbocycles. The molecule has 0 aromatic heterocycles. The van der Waals surface area contributed by atoms with Gasteiger partial charge in [-0.05, 0) is 44.7 Å². The highest BCUT2D eigenvalue weighted by molar-refractivity contribution is 5.85. The van der Waals surface area contributed by atoms with Gasteiger partial charge in [0.15, 0.2) is 0 Å². The molecule has 1 heterocycles. The van der Waals surface area contributed by atoms with Gasteiger partial charge in [0.05, 0.1) is 0 Å². The van der Waals surface area contributed by atoms with Crippen molar-refractivity contribution in [3.05, 3.63) is 0 Å². The van der Waals surface area contributed by atoms with Crippen molar-refractivity contribution >= 4 is 5.84 Å². The van der Waals surface area contributed by atoms with Gasteiger partial charge in [-0.15, -0.1) is 0 Å². The van der Waals surface area contributed by atoms with Crippen molar-refractivity contribution in [2.24, 2.45) is 22.2 Å². The molecule has 0 radical (unpaired) electrons. The standard InChI is InChI=1S/C14H29N3O2/c1-14(2,13(15)17-18)7-3-4-8-16-11-12-5-9-19-10-6-12/h12,16,18H,3-11H2,1-2H3,(H2,15,17). The van der Waals surface area contributed by atoms with Crippen LogP contribution in [0.1, 0.15) is 46.0 Å². The first-order chi connectivity index (χ1) is 9.06. The fraction of sp³-hybridized carbons (Fsp3) is 0.929. The van der Waals surface area contributed by atoms with E-state index in [1.54, 1.807) is 0 Å². The first-order valence-electron chi connectivity index (χ1n) is 7.33. The van der Waals surface area contributed by atoms with Crippen molar-refractivity contribution in [1.29, 1.82) is 0 Å². The molecule has 112 valence electrons. The monoisotopic (exact) mass is 271 g/mol. The van der Waals surface area contributed by atoms with Crippen molar-refractivity contribution in [2.75, 3.05) is 26.3 Å². The molecule has 0 unspecified atom stereocenters. The van der Waals surface area contributed by atoms with E-state index >= 15 is 0 Å². The third kappa shape index (κ3) is 6.25. The number of hydrogen-bond donors (Lipinski definition) is 3. The van der Waals surface area contributed by atoms with E-state index in [0.717, 1.165) is 51.5 Å². The number of nitrogens with one attached hydrogen (secondary N) is 1. The zero-order chi connectivity index (χ0) is 14.1. The molecule has 1 aliphatic rings. The molecule has 0 bridgehead atoms. The molecule has 0 amide bonds. The largest absolute Gasteiger partial charge is 0.409 e. The summed E-state index contributed by atoms with van der Waals surface area (Å²) in [6.07, 6.45) is 5.53. The third-order valence-corrected chi connectivity index (χ3v) is 3.98. The second kappa shape index (κ2) is 8.38. The van der Waals surface area contributed by atoms with Crippen molar-refractivity contribution in [2.45, 2.75) is 46.0 Å². The predicted molar refractivity (Wildman–Crippen MR) is 77.5 cm³/mol. The fourth-order valence-corrected chi connectivity index (χ4v) is 2.34. The maximum atomic E-state index is 8.70. The highest BCUT2D eigenvalue weighted by Gasteiger charge is 2.22. The zero-order valence-electron chi connectivity index (χ0n) is 12.3. The summed E-state index contributed by atoms with van der Waals surface area (Å²) in [5.74, 6) is 1.10. The van der Waals surface area contributed by atoms with Crippen LogP contribution in [0.15, 0.2) is 5.16 Å². The van der Waals surface area contributed by atoms with Gasteiger partial charge in [-0.25, -0.2) is 0 Å². The molecule has 0 aromatic rings. The van der Waals surface area contributed by atoms with E-state index in [1.165, 1.54) is 12.8 Å². The Hall–Kier alpha value is -0.810.